The summed E-state index contributed by atoms with van der Waals surface area (Å²) in [6, 6.07) is 4.01. The number of rotatable bonds is 4. The van der Waals surface area contributed by atoms with E-state index < -0.39 is 0 Å². The highest BCUT2D eigenvalue weighted by molar-refractivity contribution is 8.00. The summed E-state index contributed by atoms with van der Waals surface area (Å²) >= 11 is 1.46. The van der Waals surface area contributed by atoms with Gasteiger partial charge in [-0.1, -0.05) is 20.8 Å². The standard InChI is InChI=1S/C15H21F2NS/c1-4-18-14-12(7-8-15(14,2)3)19-13-9-10(16)5-6-11(13)17/h5-6,9,12,14,18H,4,7-8H2,1-3H3. The zero-order valence-electron chi connectivity index (χ0n) is 11.7. The summed E-state index contributed by atoms with van der Waals surface area (Å²) < 4.78 is 26.9. The van der Waals surface area contributed by atoms with Crippen LogP contribution in [-0.4, -0.2) is 17.8 Å². The van der Waals surface area contributed by atoms with Gasteiger partial charge in [0.05, 0.1) is 0 Å². The Morgan fingerprint density at radius 1 is 1.37 bits per heavy atom. The van der Waals surface area contributed by atoms with Crippen LogP contribution in [0.25, 0.3) is 0 Å². The maximum absolute atomic E-state index is 13.7. The summed E-state index contributed by atoms with van der Waals surface area (Å²) in [5, 5.41) is 3.80. The molecule has 19 heavy (non-hydrogen) atoms. The lowest BCUT2D eigenvalue weighted by Crippen LogP contribution is -2.43. The molecule has 1 aliphatic rings. The lowest BCUT2D eigenvalue weighted by molar-refractivity contribution is 0.290. The second kappa shape index (κ2) is 5.80. The van der Waals surface area contributed by atoms with Crippen molar-refractivity contribution in [3.05, 3.63) is 29.8 Å². The molecule has 0 amide bonds. The maximum atomic E-state index is 13.7. The van der Waals surface area contributed by atoms with E-state index in [9.17, 15) is 8.78 Å². The van der Waals surface area contributed by atoms with Crippen molar-refractivity contribution in [2.24, 2.45) is 5.41 Å². The van der Waals surface area contributed by atoms with E-state index in [1.165, 1.54) is 30.0 Å². The average molecular weight is 285 g/mol. The molecular weight excluding hydrogens is 264 g/mol. The van der Waals surface area contributed by atoms with Gasteiger partial charge in [0.2, 0.25) is 0 Å². The molecule has 1 aromatic carbocycles. The summed E-state index contributed by atoms with van der Waals surface area (Å²) in [5.41, 5.74) is 0.206. The van der Waals surface area contributed by atoms with Gasteiger partial charge in [-0.15, -0.1) is 11.8 Å². The molecule has 1 fully saturated rings. The molecule has 2 rings (SSSR count). The van der Waals surface area contributed by atoms with E-state index in [0.717, 1.165) is 19.4 Å². The molecule has 4 heteroatoms. The van der Waals surface area contributed by atoms with Gasteiger partial charge in [-0.2, -0.15) is 0 Å². The fraction of sp³-hybridized carbons (Fsp3) is 0.600. The second-order valence-electron chi connectivity index (χ2n) is 5.79. The average Bonchev–Trinajstić information content (AvgIpc) is 2.62. The van der Waals surface area contributed by atoms with Crippen molar-refractivity contribution in [3.63, 3.8) is 0 Å². The Balaban J connectivity index is 2.16. The van der Waals surface area contributed by atoms with Crippen LogP contribution in [-0.2, 0) is 0 Å². The topological polar surface area (TPSA) is 12.0 Å². The highest BCUT2D eigenvalue weighted by Gasteiger charge is 2.41. The number of hydrogen-bond donors (Lipinski definition) is 1. The maximum Gasteiger partial charge on any atom is 0.136 e. The van der Waals surface area contributed by atoms with Crippen molar-refractivity contribution in [2.75, 3.05) is 6.54 Å². The molecule has 0 spiro atoms. The van der Waals surface area contributed by atoms with Gasteiger partial charge in [-0.3, -0.25) is 0 Å². The normalized spacial score (nSPS) is 25.7. The van der Waals surface area contributed by atoms with Crippen molar-refractivity contribution >= 4 is 11.8 Å². The lowest BCUT2D eigenvalue weighted by Gasteiger charge is -2.31. The van der Waals surface area contributed by atoms with E-state index in [4.69, 9.17) is 0 Å². The van der Waals surface area contributed by atoms with E-state index >= 15 is 0 Å². The fourth-order valence-electron chi connectivity index (χ4n) is 2.82. The zero-order valence-corrected chi connectivity index (χ0v) is 12.5. The molecule has 2 unspecified atom stereocenters. The molecule has 1 saturated carbocycles. The number of thioether (sulfide) groups is 1. The SMILES string of the molecule is CCNC1C(Sc2cc(F)ccc2F)CCC1(C)C. The van der Waals surface area contributed by atoms with Crippen LogP contribution >= 0.6 is 11.8 Å². The number of nitrogens with one attached hydrogen (secondary N) is 1. The van der Waals surface area contributed by atoms with Crippen LogP contribution in [0.5, 0.6) is 0 Å². The predicted molar refractivity (Wildman–Crippen MR) is 76.5 cm³/mol. The summed E-state index contributed by atoms with van der Waals surface area (Å²) in [6.45, 7) is 7.46. The van der Waals surface area contributed by atoms with Gasteiger partial charge in [0.1, 0.15) is 11.6 Å². The molecule has 0 radical (unpaired) electrons. The monoisotopic (exact) mass is 285 g/mol. The molecule has 0 aliphatic heterocycles. The van der Waals surface area contributed by atoms with Gasteiger partial charge in [-0.25, -0.2) is 8.78 Å². The van der Waals surface area contributed by atoms with Gasteiger partial charge in [0, 0.05) is 16.2 Å². The second-order valence-corrected chi connectivity index (χ2v) is 7.07. The third kappa shape index (κ3) is 3.29. The summed E-state index contributed by atoms with van der Waals surface area (Å²) in [5.74, 6) is -0.701. The van der Waals surface area contributed by atoms with Gasteiger partial charge in [0.15, 0.2) is 0 Å². The molecule has 106 valence electrons. The Morgan fingerprint density at radius 3 is 2.79 bits per heavy atom. The van der Waals surface area contributed by atoms with Crippen LogP contribution < -0.4 is 5.32 Å². The van der Waals surface area contributed by atoms with E-state index in [0.29, 0.717) is 16.2 Å². The molecule has 1 N–H and O–H groups in total. The van der Waals surface area contributed by atoms with E-state index in [-0.39, 0.29) is 17.0 Å². The minimum absolute atomic E-state index is 0.206. The largest absolute Gasteiger partial charge is 0.313 e. The first kappa shape index (κ1) is 14.8. The number of hydrogen-bond acceptors (Lipinski definition) is 2. The Kier molecular flexibility index (Phi) is 4.51. The molecule has 0 bridgehead atoms. The summed E-state index contributed by atoms with van der Waals surface area (Å²) in [7, 11) is 0. The van der Waals surface area contributed by atoms with Crippen molar-refractivity contribution in [3.8, 4) is 0 Å². The van der Waals surface area contributed by atoms with Crippen molar-refractivity contribution in [1.29, 1.82) is 0 Å². The Hall–Kier alpha value is -0.610. The Bertz CT molecular complexity index is 448. The lowest BCUT2D eigenvalue weighted by atomic mass is 9.87. The summed E-state index contributed by atoms with van der Waals surface area (Å²) in [4.78, 5) is 0.422. The van der Waals surface area contributed by atoms with Gasteiger partial charge in [0.25, 0.3) is 0 Å². The molecule has 1 aromatic rings. The fourth-order valence-corrected chi connectivity index (χ4v) is 4.35. The van der Waals surface area contributed by atoms with E-state index in [2.05, 4.69) is 26.1 Å². The van der Waals surface area contributed by atoms with Crippen molar-refractivity contribution < 1.29 is 8.78 Å². The molecular formula is C15H21F2NS. The van der Waals surface area contributed by atoms with Crippen LogP contribution in [0.3, 0.4) is 0 Å². The quantitative estimate of drug-likeness (QED) is 0.888. The van der Waals surface area contributed by atoms with Crippen LogP contribution in [0.2, 0.25) is 0 Å². The van der Waals surface area contributed by atoms with Crippen LogP contribution in [0, 0.1) is 17.0 Å². The van der Waals surface area contributed by atoms with Gasteiger partial charge < -0.3 is 5.32 Å². The number of benzene rings is 1. The molecule has 2 atom stereocenters. The highest BCUT2D eigenvalue weighted by Crippen LogP contribution is 2.45. The number of halogens is 2. The minimum atomic E-state index is -0.374. The van der Waals surface area contributed by atoms with Gasteiger partial charge in [-0.05, 0) is 43.0 Å². The third-order valence-corrected chi connectivity index (χ3v) is 5.26. The zero-order chi connectivity index (χ0) is 14.0. The Labute approximate surface area is 118 Å². The minimum Gasteiger partial charge on any atom is -0.313 e. The molecule has 0 saturated heterocycles. The van der Waals surface area contributed by atoms with Crippen LogP contribution in [0.4, 0.5) is 8.78 Å². The molecule has 1 aliphatic carbocycles. The third-order valence-electron chi connectivity index (χ3n) is 3.88. The molecule has 1 nitrogen and oxygen atoms in total. The Morgan fingerprint density at radius 2 is 2.11 bits per heavy atom. The molecule has 0 heterocycles. The highest BCUT2D eigenvalue weighted by atomic mass is 32.2. The van der Waals surface area contributed by atoms with E-state index in [1.54, 1.807) is 0 Å². The first-order chi connectivity index (χ1) is 8.94. The van der Waals surface area contributed by atoms with Crippen LogP contribution in [0.1, 0.15) is 33.6 Å². The first-order valence-electron chi connectivity index (χ1n) is 6.79. The van der Waals surface area contributed by atoms with E-state index in [1.807, 2.05) is 0 Å². The first-order valence-corrected chi connectivity index (χ1v) is 7.67. The summed E-state index contributed by atoms with van der Waals surface area (Å²) in [6.07, 6.45) is 2.14. The van der Waals surface area contributed by atoms with Crippen LogP contribution in [0.15, 0.2) is 23.1 Å². The van der Waals surface area contributed by atoms with Crippen molar-refractivity contribution in [2.45, 2.75) is 49.8 Å². The molecule has 0 aromatic heterocycles. The predicted octanol–water partition coefficient (Wildman–Crippen LogP) is 4.22. The van der Waals surface area contributed by atoms with Crippen molar-refractivity contribution in [1.82, 2.24) is 5.32 Å². The smallest absolute Gasteiger partial charge is 0.136 e. The van der Waals surface area contributed by atoms with Gasteiger partial charge >= 0.3 is 0 Å².